The molecule has 0 unspecified atom stereocenters. The van der Waals surface area contributed by atoms with E-state index in [1.807, 2.05) is 31.2 Å². The first-order valence-electron chi connectivity index (χ1n) is 11.5. The van der Waals surface area contributed by atoms with Gasteiger partial charge in [-0.05, 0) is 56.2 Å². The van der Waals surface area contributed by atoms with Crippen molar-refractivity contribution in [1.29, 1.82) is 0 Å². The number of hydrogen-bond acceptors (Lipinski definition) is 5. The van der Waals surface area contributed by atoms with E-state index >= 15 is 0 Å². The Morgan fingerprint density at radius 3 is 2.37 bits per heavy atom. The average Bonchev–Trinajstić information content (AvgIpc) is 2.82. The van der Waals surface area contributed by atoms with Gasteiger partial charge in [0.05, 0.1) is 16.9 Å². The summed E-state index contributed by atoms with van der Waals surface area (Å²) in [6.07, 6.45) is 1.76. The van der Waals surface area contributed by atoms with Gasteiger partial charge in [0.2, 0.25) is 5.88 Å². The molecule has 180 valence electrons. The van der Waals surface area contributed by atoms with E-state index in [9.17, 15) is 9.18 Å². The Morgan fingerprint density at radius 2 is 1.69 bits per heavy atom. The first-order chi connectivity index (χ1) is 16.5. The van der Waals surface area contributed by atoms with Gasteiger partial charge in [-0.2, -0.15) is 4.98 Å². The highest BCUT2D eigenvalue weighted by Crippen LogP contribution is 2.26. The quantitative estimate of drug-likeness (QED) is 0.376. The number of ether oxygens (including phenoxy) is 1. The van der Waals surface area contributed by atoms with Crippen molar-refractivity contribution in [2.75, 3.05) is 0 Å². The maximum Gasteiger partial charge on any atom is 0.264 e. The Bertz CT molecular complexity index is 1440. The highest BCUT2D eigenvalue weighted by Gasteiger charge is 2.19. The van der Waals surface area contributed by atoms with Gasteiger partial charge in [0, 0.05) is 17.2 Å². The van der Waals surface area contributed by atoms with E-state index in [0.29, 0.717) is 11.4 Å². The molecule has 0 saturated carbocycles. The fourth-order valence-corrected chi connectivity index (χ4v) is 3.73. The van der Waals surface area contributed by atoms with Crippen molar-refractivity contribution in [3.05, 3.63) is 99.2 Å². The summed E-state index contributed by atoms with van der Waals surface area (Å²) in [5, 5.41) is 0. The van der Waals surface area contributed by atoms with Crippen LogP contribution in [0.1, 0.15) is 49.1 Å². The summed E-state index contributed by atoms with van der Waals surface area (Å²) in [6, 6.07) is 13.8. The molecule has 0 atom stereocenters. The van der Waals surface area contributed by atoms with Crippen molar-refractivity contribution < 1.29 is 9.13 Å². The third kappa shape index (κ3) is 5.14. The largest absolute Gasteiger partial charge is 0.472 e. The van der Waals surface area contributed by atoms with E-state index in [4.69, 9.17) is 9.72 Å². The van der Waals surface area contributed by atoms with Crippen LogP contribution in [0, 0.1) is 26.6 Å². The second-order valence-corrected chi connectivity index (χ2v) is 9.66. The predicted molar refractivity (Wildman–Crippen MR) is 135 cm³/mol. The molecule has 0 aliphatic heterocycles. The minimum Gasteiger partial charge on any atom is -0.472 e. The molecule has 2 aromatic carbocycles. The number of hydrogen-bond donors (Lipinski definition) is 0. The molecule has 4 aromatic rings. The van der Waals surface area contributed by atoms with Gasteiger partial charge in [-0.1, -0.05) is 45.0 Å². The Hall–Kier alpha value is -3.87. The van der Waals surface area contributed by atoms with Crippen LogP contribution in [0.2, 0.25) is 0 Å². The second kappa shape index (κ2) is 9.41. The highest BCUT2D eigenvalue weighted by atomic mass is 19.1. The fourth-order valence-electron chi connectivity index (χ4n) is 3.73. The lowest BCUT2D eigenvalue weighted by atomic mass is 9.95. The highest BCUT2D eigenvalue weighted by molar-refractivity contribution is 5.64. The molecule has 0 aliphatic rings. The van der Waals surface area contributed by atoms with Crippen molar-refractivity contribution in [2.45, 2.75) is 53.6 Å². The molecule has 0 spiro atoms. The van der Waals surface area contributed by atoms with Crippen LogP contribution in [-0.4, -0.2) is 19.5 Å². The molecule has 0 amide bonds. The first kappa shape index (κ1) is 24.3. The second-order valence-electron chi connectivity index (χ2n) is 9.66. The normalized spacial score (nSPS) is 11.5. The zero-order valence-electron chi connectivity index (χ0n) is 20.9. The van der Waals surface area contributed by atoms with Gasteiger partial charge < -0.3 is 4.74 Å². The minimum atomic E-state index is -0.310. The molecule has 0 N–H and O–H groups in total. The van der Waals surface area contributed by atoms with Gasteiger partial charge >= 0.3 is 0 Å². The lowest BCUT2D eigenvalue weighted by Crippen LogP contribution is -2.26. The number of halogens is 1. The van der Waals surface area contributed by atoms with Gasteiger partial charge in [0.15, 0.2) is 0 Å². The standard InChI is InChI=1S/C28H29FN4O2/c1-17-7-10-21(23-13-14-30-27(32-23)28(4,5)6)15-24(17)33-19(3)31-25(18(2)26(33)34)35-16-20-8-11-22(29)12-9-20/h7-15H,16H2,1-6H3. The van der Waals surface area contributed by atoms with Crippen LogP contribution in [0.15, 0.2) is 59.5 Å². The molecule has 0 fully saturated rings. The molecular weight excluding hydrogens is 443 g/mol. The van der Waals surface area contributed by atoms with Gasteiger partial charge in [-0.15, -0.1) is 0 Å². The molecular formula is C28H29FN4O2. The molecule has 0 saturated heterocycles. The summed E-state index contributed by atoms with van der Waals surface area (Å²) in [5.74, 6) is 1.22. The van der Waals surface area contributed by atoms with E-state index in [2.05, 4.69) is 30.7 Å². The molecule has 0 bridgehead atoms. The molecule has 6 nitrogen and oxygen atoms in total. The molecule has 4 rings (SSSR count). The van der Waals surface area contributed by atoms with E-state index in [-0.39, 0.29) is 29.3 Å². The van der Waals surface area contributed by atoms with E-state index < -0.39 is 0 Å². The van der Waals surface area contributed by atoms with Crippen LogP contribution < -0.4 is 10.3 Å². The zero-order chi connectivity index (χ0) is 25.3. The molecule has 2 heterocycles. The Kier molecular flexibility index (Phi) is 6.52. The van der Waals surface area contributed by atoms with Crippen molar-refractivity contribution >= 4 is 0 Å². The third-order valence-corrected chi connectivity index (χ3v) is 5.79. The van der Waals surface area contributed by atoms with Crippen LogP contribution >= 0.6 is 0 Å². The fraction of sp³-hybridized carbons (Fsp3) is 0.286. The van der Waals surface area contributed by atoms with E-state index in [0.717, 1.165) is 33.9 Å². The zero-order valence-corrected chi connectivity index (χ0v) is 20.9. The van der Waals surface area contributed by atoms with Crippen LogP contribution in [0.5, 0.6) is 5.88 Å². The summed E-state index contributed by atoms with van der Waals surface area (Å²) >= 11 is 0. The van der Waals surface area contributed by atoms with E-state index in [1.165, 1.54) is 12.1 Å². The Labute approximate surface area is 204 Å². The van der Waals surface area contributed by atoms with Crippen molar-refractivity contribution in [3.63, 3.8) is 0 Å². The molecule has 2 aromatic heterocycles. The number of rotatable bonds is 5. The summed E-state index contributed by atoms with van der Waals surface area (Å²) in [4.78, 5) is 27.2. The maximum atomic E-state index is 13.4. The number of nitrogens with zero attached hydrogens (tertiary/aromatic N) is 4. The van der Waals surface area contributed by atoms with Crippen molar-refractivity contribution in [2.24, 2.45) is 0 Å². The van der Waals surface area contributed by atoms with Crippen LogP contribution in [0.4, 0.5) is 4.39 Å². The third-order valence-electron chi connectivity index (χ3n) is 5.79. The van der Waals surface area contributed by atoms with Crippen molar-refractivity contribution in [1.82, 2.24) is 19.5 Å². The van der Waals surface area contributed by atoms with E-state index in [1.54, 1.807) is 36.7 Å². The number of aromatic nitrogens is 4. The Morgan fingerprint density at radius 1 is 0.971 bits per heavy atom. The Balaban J connectivity index is 1.72. The lowest BCUT2D eigenvalue weighted by molar-refractivity contribution is 0.289. The molecule has 7 heteroatoms. The lowest BCUT2D eigenvalue weighted by Gasteiger charge is -2.18. The van der Waals surface area contributed by atoms with Crippen molar-refractivity contribution in [3.8, 4) is 22.8 Å². The minimum absolute atomic E-state index is 0.179. The first-order valence-corrected chi connectivity index (χ1v) is 11.5. The van der Waals surface area contributed by atoms with Gasteiger partial charge in [0.25, 0.3) is 5.56 Å². The summed E-state index contributed by atoms with van der Waals surface area (Å²) in [6.45, 7) is 11.8. The smallest absolute Gasteiger partial charge is 0.264 e. The molecule has 0 aliphatic carbocycles. The summed E-state index contributed by atoms with van der Waals surface area (Å²) in [7, 11) is 0. The van der Waals surface area contributed by atoms with Gasteiger partial charge in [-0.25, -0.2) is 14.4 Å². The maximum absolute atomic E-state index is 13.4. The predicted octanol–water partition coefficient (Wildman–Crippen LogP) is 5.63. The van der Waals surface area contributed by atoms with Crippen LogP contribution in [0.3, 0.4) is 0 Å². The number of benzene rings is 2. The summed E-state index contributed by atoms with van der Waals surface area (Å²) < 4.78 is 20.6. The average molecular weight is 473 g/mol. The number of aryl methyl sites for hydroxylation is 2. The monoisotopic (exact) mass is 472 g/mol. The van der Waals surface area contributed by atoms with Gasteiger partial charge in [0.1, 0.15) is 24.1 Å². The molecule has 0 radical (unpaired) electrons. The molecule has 35 heavy (non-hydrogen) atoms. The van der Waals surface area contributed by atoms with Crippen LogP contribution in [0.25, 0.3) is 16.9 Å². The summed E-state index contributed by atoms with van der Waals surface area (Å²) in [5.41, 5.74) is 4.16. The van der Waals surface area contributed by atoms with Crippen LogP contribution in [-0.2, 0) is 12.0 Å². The topological polar surface area (TPSA) is 69.9 Å². The SMILES string of the molecule is Cc1ccc(-c2ccnc(C(C)(C)C)n2)cc1-n1c(C)nc(OCc2ccc(F)cc2)c(C)c1=O. The van der Waals surface area contributed by atoms with Gasteiger partial charge in [-0.3, -0.25) is 9.36 Å².